The number of aldehydes is 1. The first kappa shape index (κ1) is 15.0. The van der Waals surface area contributed by atoms with Gasteiger partial charge in [0, 0.05) is 26.1 Å². The number of hydrogen-bond donors (Lipinski definition) is 0. The van der Waals surface area contributed by atoms with Crippen molar-refractivity contribution >= 4 is 12.2 Å². The number of nitrogens with zero attached hydrogens (tertiary/aromatic N) is 1. The van der Waals surface area contributed by atoms with Crippen LogP contribution in [0.25, 0.3) is 0 Å². The van der Waals surface area contributed by atoms with Crippen LogP contribution in [-0.2, 0) is 4.79 Å². The van der Waals surface area contributed by atoms with E-state index in [1.807, 2.05) is 0 Å². The molecule has 1 aromatic rings. The summed E-state index contributed by atoms with van der Waals surface area (Å²) in [6.45, 7) is 0.401. The maximum absolute atomic E-state index is 11.4. The van der Waals surface area contributed by atoms with E-state index >= 15 is 0 Å². The molecule has 0 atom stereocenters. The monoisotopic (exact) mass is 265 g/mol. The lowest BCUT2D eigenvalue weighted by Gasteiger charge is -2.12. The van der Waals surface area contributed by atoms with Crippen molar-refractivity contribution in [1.82, 2.24) is 4.90 Å². The van der Waals surface area contributed by atoms with Crippen molar-refractivity contribution in [1.29, 1.82) is 0 Å². The molecule has 1 aromatic carbocycles. The van der Waals surface area contributed by atoms with Gasteiger partial charge < -0.3 is 14.4 Å². The second kappa shape index (κ2) is 7.41. The Morgan fingerprint density at radius 3 is 2.63 bits per heavy atom. The summed E-state index contributed by atoms with van der Waals surface area (Å²) >= 11 is 0. The van der Waals surface area contributed by atoms with Crippen LogP contribution in [0.1, 0.15) is 23.2 Å². The molecule has 104 valence electrons. The van der Waals surface area contributed by atoms with Crippen molar-refractivity contribution in [2.24, 2.45) is 0 Å². The van der Waals surface area contributed by atoms with E-state index < -0.39 is 0 Å². The Kier molecular flexibility index (Phi) is 5.85. The zero-order valence-corrected chi connectivity index (χ0v) is 11.5. The van der Waals surface area contributed by atoms with Crippen molar-refractivity contribution in [3.05, 3.63) is 23.8 Å². The highest BCUT2D eigenvalue weighted by Gasteiger charge is 2.07. The molecule has 0 unspecified atom stereocenters. The fourth-order valence-electron chi connectivity index (χ4n) is 1.51. The zero-order chi connectivity index (χ0) is 14.3. The molecule has 5 nitrogen and oxygen atoms in total. The maximum Gasteiger partial charge on any atom is 0.222 e. The van der Waals surface area contributed by atoms with Crippen LogP contribution in [0.15, 0.2) is 18.2 Å². The third-order valence-corrected chi connectivity index (χ3v) is 2.62. The number of amides is 1. The Hall–Kier alpha value is -2.04. The van der Waals surface area contributed by atoms with Crippen LogP contribution in [-0.4, -0.2) is 44.9 Å². The van der Waals surface area contributed by atoms with E-state index in [1.165, 1.54) is 0 Å². The first-order chi connectivity index (χ1) is 9.08. The number of carbonyl (C=O) groups excluding carboxylic acids is 2. The van der Waals surface area contributed by atoms with E-state index in [2.05, 4.69) is 0 Å². The summed E-state index contributed by atoms with van der Waals surface area (Å²) in [5.74, 6) is 1.16. The molecule has 0 heterocycles. The standard InChI is InChI=1S/C14H19NO4/c1-15(2)14(17)5-4-8-19-13-9-11(10-16)6-7-12(13)18-3/h6-7,9-10H,4-5,8H2,1-3H3. The topological polar surface area (TPSA) is 55.8 Å². The fraction of sp³-hybridized carbons (Fsp3) is 0.429. The van der Waals surface area contributed by atoms with E-state index in [-0.39, 0.29) is 5.91 Å². The van der Waals surface area contributed by atoms with Gasteiger partial charge in [-0.25, -0.2) is 0 Å². The van der Waals surface area contributed by atoms with E-state index in [9.17, 15) is 9.59 Å². The van der Waals surface area contributed by atoms with Crippen molar-refractivity contribution < 1.29 is 19.1 Å². The van der Waals surface area contributed by atoms with E-state index in [0.29, 0.717) is 36.5 Å². The molecule has 0 aromatic heterocycles. The van der Waals surface area contributed by atoms with Crippen LogP contribution < -0.4 is 9.47 Å². The van der Waals surface area contributed by atoms with Gasteiger partial charge in [0.15, 0.2) is 11.5 Å². The molecule has 0 saturated heterocycles. The largest absolute Gasteiger partial charge is 0.493 e. The number of methoxy groups -OCH3 is 1. The molecule has 0 N–H and O–H groups in total. The Labute approximate surface area is 113 Å². The molecule has 0 aliphatic carbocycles. The second-order valence-electron chi connectivity index (χ2n) is 4.27. The SMILES string of the molecule is COc1ccc(C=O)cc1OCCCC(=O)N(C)C. The average Bonchev–Trinajstić information content (AvgIpc) is 2.42. The summed E-state index contributed by atoms with van der Waals surface area (Å²) in [5, 5.41) is 0. The fourth-order valence-corrected chi connectivity index (χ4v) is 1.51. The van der Waals surface area contributed by atoms with Crippen LogP contribution in [0, 0.1) is 0 Å². The minimum absolute atomic E-state index is 0.0669. The van der Waals surface area contributed by atoms with Crippen LogP contribution >= 0.6 is 0 Å². The van der Waals surface area contributed by atoms with Gasteiger partial charge >= 0.3 is 0 Å². The predicted octanol–water partition coefficient (Wildman–Crippen LogP) is 1.75. The average molecular weight is 265 g/mol. The summed E-state index contributed by atoms with van der Waals surface area (Å²) in [6, 6.07) is 4.97. The first-order valence-corrected chi connectivity index (χ1v) is 6.04. The molecule has 5 heteroatoms. The molecule has 1 amide bonds. The van der Waals surface area contributed by atoms with Crippen LogP contribution in [0.2, 0.25) is 0 Å². The van der Waals surface area contributed by atoms with Gasteiger partial charge in [0.1, 0.15) is 6.29 Å². The molecule has 19 heavy (non-hydrogen) atoms. The van der Waals surface area contributed by atoms with Crippen molar-refractivity contribution in [3.63, 3.8) is 0 Å². The predicted molar refractivity (Wildman–Crippen MR) is 71.8 cm³/mol. The van der Waals surface area contributed by atoms with Gasteiger partial charge in [-0.3, -0.25) is 9.59 Å². The Morgan fingerprint density at radius 1 is 1.32 bits per heavy atom. The molecule has 0 saturated carbocycles. The number of carbonyl (C=O) groups is 2. The normalized spacial score (nSPS) is 9.84. The highest BCUT2D eigenvalue weighted by atomic mass is 16.5. The minimum Gasteiger partial charge on any atom is -0.493 e. The summed E-state index contributed by atoms with van der Waals surface area (Å²) in [6.07, 6.45) is 1.80. The number of ether oxygens (including phenoxy) is 2. The molecule has 0 bridgehead atoms. The molecule has 0 spiro atoms. The Morgan fingerprint density at radius 2 is 2.05 bits per heavy atom. The lowest BCUT2D eigenvalue weighted by molar-refractivity contribution is -0.128. The lowest BCUT2D eigenvalue weighted by atomic mass is 10.2. The summed E-state index contributed by atoms with van der Waals surface area (Å²) in [4.78, 5) is 23.6. The van der Waals surface area contributed by atoms with Crippen molar-refractivity contribution in [2.45, 2.75) is 12.8 Å². The Bertz CT molecular complexity index is 443. The smallest absolute Gasteiger partial charge is 0.222 e. The van der Waals surface area contributed by atoms with E-state index in [4.69, 9.17) is 9.47 Å². The molecular weight excluding hydrogens is 246 g/mol. The van der Waals surface area contributed by atoms with Gasteiger partial charge in [0.25, 0.3) is 0 Å². The summed E-state index contributed by atoms with van der Waals surface area (Å²) in [5.41, 5.74) is 0.528. The van der Waals surface area contributed by atoms with Crippen molar-refractivity contribution in [3.8, 4) is 11.5 Å². The van der Waals surface area contributed by atoms with Crippen LogP contribution in [0.3, 0.4) is 0 Å². The van der Waals surface area contributed by atoms with Gasteiger partial charge in [-0.15, -0.1) is 0 Å². The molecule has 0 aliphatic heterocycles. The van der Waals surface area contributed by atoms with Gasteiger partial charge in [-0.1, -0.05) is 0 Å². The van der Waals surface area contributed by atoms with Crippen molar-refractivity contribution in [2.75, 3.05) is 27.8 Å². The van der Waals surface area contributed by atoms with Crippen LogP contribution in [0.4, 0.5) is 0 Å². The van der Waals surface area contributed by atoms with Gasteiger partial charge in [0.2, 0.25) is 5.91 Å². The molecule has 0 radical (unpaired) electrons. The lowest BCUT2D eigenvalue weighted by Crippen LogP contribution is -2.21. The maximum atomic E-state index is 11.4. The molecular formula is C14H19NO4. The third kappa shape index (κ3) is 4.62. The number of benzene rings is 1. The highest BCUT2D eigenvalue weighted by Crippen LogP contribution is 2.27. The van der Waals surface area contributed by atoms with Crippen LogP contribution in [0.5, 0.6) is 11.5 Å². The number of hydrogen-bond acceptors (Lipinski definition) is 4. The summed E-state index contributed by atoms with van der Waals surface area (Å²) < 4.78 is 10.7. The molecule has 1 rings (SSSR count). The Balaban J connectivity index is 2.52. The van der Waals surface area contributed by atoms with Gasteiger partial charge in [-0.05, 0) is 24.6 Å². The van der Waals surface area contributed by atoms with E-state index in [1.54, 1.807) is 44.3 Å². The first-order valence-electron chi connectivity index (χ1n) is 6.04. The minimum atomic E-state index is 0.0669. The highest BCUT2D eigenvalue weighted by molar-refractivity contribution is 5.76. The molecule has 0 fully saturated rings. The second-order valence-corrected chi connectivity index (χ2v) is 4.27. The third-order valence-electron chi connectivity index (χ3n) is 2.62. The zero-order valence-electron chi connectivity index (χ0n) is 11.5. The van der Waals surface area contributed by atoms with E-state index in [0.717, 1.165) is 6.29 Å². The van der Waals surface area contributed by atoms with Gasteiger partial charge in [-0.2, -0.15) is 0 Å². The summed E-state index contributed by atoms with van der Waals surface area (Å²) in [7, 11) is 4.98. The van der Waals surface area contributed by atoms with Gasteiger partial charge in [0.05, 0.1) is 13.7 Å². The number of rotatable bonds is 7. The quantitative estimate of drug-likeness (QED) is 0.557. The molecule has 0 aliphatic rings.